The molecule has 3 rings (SSSR count). The summed E-state index contributed by atoms with van der Waals surface area (Å²) in [5, 5.41) is 12.2. The van der Waals surface area contributed by atoms with E-state index in [1.165, 1.54) is 5.56 Å². The van der Waals surface area contributed by atoms with Crippen LogP contribution in [0.25, 0.3) is 11.3 Å². The number of nitrogens with one attached hydrogen (secondary N) is 1. The quantitative estimate of drug-likeness (QED) is 0.710. The summed E-state index contributed by atoms with van der Waals surface area (Å²) < 4.78 is 2.00. The number of nitriles is 1. The van der Waals surface area contributed by atoms with Gasteiger partial charge in [-0.05, 0) is 17.7 Å². The lowest BCUT2D eigenvalue weighted by molar-refractivity contribution is 0.694. The maximum atomic E-state index is 9.04. The highest BCUT2D eigenvalue weighted by atomic mass is 15.3. The number of nitrogens with zero attached hydrogens (tertiary/aromatic N) is 2. The Bertz CT molecular complexity index is 640. The summed E-state index contributed by atoms with van der Waals surface area (Å²) in [6.07, 6.45) is 0. The van der Waals surface area contributed by atoms with Crippen molar-refractivity contribution >= 4 is 0 Å². The Labute approximate surface area is 99.2 Å². The minimum Gasteiger partial charge on any atom is -0.287 e. The van der Waals surface area contributed by atoms with E-state index in [4.69, 9.17) is 5.26 Å². The SMILES string of the molecule is N#Cc1[nH]n(Cc2ccccc2)c2cccc1-2. The van der Waals surface area contributed by atoms with Gasteiger partial charge in [0.15, 0.2) is 0 Å². The van der Waals surface area contributed by atoms with Gasteiger partial charge in [0.25, 0.3) is 0 Å². The van der Waals surface area contributed by atoms with E-state index in [9.17, 15) is 0 Å². The van der Waals surface area contributed by atoms with Gasteiger partial charge in [-0.15, -0.1) is 0 Å². The monoisotopic (exact) mass is 221 g/mol. The first kappa shape index (κ1) is 9.73. The molecule has 0 saturated heterocycles. The van der Waals surface area contributed by atoms with Crippen LogP contribution in [0.2, 0.25) is 0 Å². The van der Waals surface area contributed by atoms with Crippen molar-refractivity contribution in [2.24, 2.45) is 0 Å². The Balaban J connectivity index is 2.02. The van der Waals surface area contributed by atoms with Gasteiger partial charge in [0.2, 0.25) is 0 Å². The van der Waals surface area contributed by atoms with Crippen LogP contribution < -0.4 is 0 Å². The molecule has 0 unspecified atom stereocenters. The zero-order chi connectivity index (χ0) is 11.7. The summed E-state index contributed by atoms with van der Waals surface area (Å²) >= 11 is 0. The lowest BCUT2D eigenvalue weighted by atomic mass is 10.2. The predicted octanol–water partition coefficient (Wildman–Crippen LogP) is 2.84. The number of benzene rings is 1. The van der Waals surface area contributed by atoms with Gasteiger partial charge in [0, 0.05) is 5.56 Å². The zero-order valence-corrected chi connectivity index (χ0v) is 9.22. The van der Waals surface area contributed by atoms with Crippen LogP contribution in [-0.2, 0) is 6.54 Å². The molecule has 1 aromatic rings. The van der Waals surface area contributed by atoms with Crippen molar-refractivity contribution in [1.82, 2.24) is 9.78 Å². The van der Waals surface area contributed by atoms with Crippen LogP contribution in [0.4, 0.5) is 0 Å². The predicted molar refractivity (Wildman–Crippen MR) is 65.7 cm³/mol. The van der Waals surface area contributed by atoms with Gasteiger partial charge in [-0.1, -0.05) is 36.4 Å². The Morgan fingerprint density at radius 2 is 1.88 bits per heavy atom. The number of rotatable bonds is 2. The van der Waals surface area contributed by atoms with Crippen molar-refractivity contribution in [3.63, 3.8) is 0 Å². The fraction of sp³-hybridized carbons (Fsp3) is 0.0714. The molecule has 3 heteroatoms. The topological polar surface area (TPSA) is 44.5 Å². The number of aromatic nitrogens is 2. The molecule has 1 heterocycles. The molecule has 0 spiro atoms. The lowest BCUT2D eigenvalue weighted by Gasteiger charge is -2.05. The fourth-order valence-electron chi connectivity index (χ4n) is 2.09. The van der Waals surface area contributed by atoms with Gasteiger partial charge >= 0.3 is 0 Å². The van der Waals surface area contributed by atoms with Gasteiger partial charge in [0.05, 0.1) is 12.2 Å². The van der Waals surface area contributed by atoms with E-state index >= 15 is 0 Å². The van der Waals surface area contributed by atoms with Crippen LogP contribution in [0.5, 0.6) is 0 Å². The van der Waals surface area contributed by atoms with Crippen LogP contribution in [0.1, 0.15) is 11.3 Å². The lowest BCUT2D eigenvalue weighted by Crippen LogP contribution is -2.01. The smallest absolute Gasteiger partial charge is 0.141 e. The van der Waals surface area contributed by atoms with Crippen LogP contribution in [0.3, 0.4) is 0 Å². The molecule has 2 aliphatic rings. The second-order valence-corrected chi connectivity index (χ2v) is 4.00. The molecule has 0 saturated carbocycles. The Hall–Kier alpha value is -2.47. The number of fused-ring (bicyclic) bond motifs is 1. The second-order valence-electron chi connectivity index (χ2n) is 4.00. The molecule has 1 N–H and O–H groups in total. The minimum atomic E-state index is 0.626. The van der Waals surface area contributed by atoms with Crippen molar-refractivity contribution < 1.29 is 0 Å². The van der Waals surface area contributed by atoms with Crippen molar-refractivity contribution in [3.05, 3.63) is 59.8 Å². The van der Waals surface area contributed by atoms with Gasteiger partial charge in [-0.25, -0.2) is 0 Å². The van der Waals surface area contributed by atoms with E-state index in [0.717, 1.165) is 17.8 Å². The van der Waals surface area contributed by atoms with E-state index in [0.29, 0.717) is 5.69 Å². The van der Waals surface area contributed by atoms with Crippen molar-refractivity contribution in [1.29, 1.82) is 5.26 Å². The first-order valence-electron chi connectivity index (χ1n) is 5.50. The standard InChI is InChI=1S/C14H11N3/c15-9-13-12-7-4-8-14(12)17(16-13)10-11-5-2-1-3-6-11/h1-8,16H,10H2. The average molecular weight is 221 g/mol. The van der Waals surface area contributed by atoms with E-state index in [1.807, 2.05) is 41.1 Å². The zero-order valence-electron chi connectivity index (χ0n) is 9.22. The number of hydrogen-bond acceptors (Lipinski definition) is 1. The molecule has 0 atom stereocenters. The molecule has 0 fully saturated rings. The molecule has 3 nitrogen and oxygen atoms in total. The molecular formula is C14H11N3. The second kappa shape index (κ2) is 3.84. The summed E-state index contributed by atoms with van der Waals surface area (Å²) in [6.45, 7) is 0.753. The summed E-state index contributed by atoms with van der Waals surface area (Å²) in [5.74, 6) is 0. The highest BCUT2D eigenvalue weighted by molar-refractivity contribution is 5.69. The highest BCUT2D eigenvalue weighted by Gasteiger charge is 2.14. The van der Waals surface area contributed by atoms with Crippen LogP contribution in [-0.4, -0.2) is 9.78 Å². The molecule has 82 valence electrons. The van der Waals surface area contributed by atoms with Crippen molar-refractivity contribution in [2.45, 2.75) is 6.54 Å². The summed E-state index contributed by atoms with van der Waals surface area (Å²) in [4.78, 5) is 0. The molecule has 1 aromatic carbocycles. The van der Waals surface area contributed by atoms with Gasteiger partial charge in [-0.2, -0.15) is 5.26 Å². The molecule has 0 bridgehead atoms. The number of hydrogen-bond donors (Lipinski definition) is 1. The van der Waals surface area contributed by atoms with Crippen molar-refractivity contribution in [2.75, 3.05) is 0 Å². The molecular weight excluding hydrogens is 210 g/mol. The Kier molecular flexibility index (Phi) is 2.20. The molecule has 17 heavy (non-hydrogen) atoms. The van der Waals surface area contributed by atoms with Crippen molar-refractivity contribution in [3.8, 4) is 17.3 Å². The van der Waals surface area contributed by atoms with Gasteiger partial charge in [-0.3, -0.25) is 9.78 Å². The van der Waals surface area contributed by atoms with Crippen LogP contribution >= 0.6 is 0 Å². The van der Waals surface area contributed by atoms with Crippen LogP contribution in [0, 0.1) is 11.3 Å². The molecule has 1 aliphatic heterocycles. The largest absolute Gasteiger partial charge is 0.287 e. The molecule has 0 amide bonds. The average Bonchev–Trinajstić information content (AvgIpc) is 2.94. The summed E-state index contributed by atoms with van der Waals surface area (Å²) in [6, 6.07) is 18.3. The third kappa shape index (κ3) is 1.60. The molecule has 0 radical (unpaired) electrons. The Morgan fingerprint density at radius 1 is 1.06 bits per heavy atom. The van der Waals surface area contributed by atoms with Gasteiger partial charge < -0.3 is 0 Å². The first-order valence-corrected chi connectivity index (χ1v) is 5.50. The fourth-order valence-corrected chi connectivity index (χ4v) is 2.09. The van der Waals surface area contributed by atoms with Gasteiger partial charge in [0.1, 0.15) is 11.8 Å². The number of H-pyrrole nitrogens is 1. The van der Waals surface area contributed by atoms with E-state index in [1.54, 1.807) is 0 Å². The summed E-state index contributed by atoms with van der Waals surface area (Å²) in [5.41, 5.74) is 3.90. The molecule has 1 aliphatic carbocycles. The number of aromatic amines is 1. The van der Waals surface area contributed by atoms with Crippen LogP contribution in [0.15, 0.2) is 48.5 Å². The molecule has 0 aromatic heterocycles. The third-order valence-corrected chi connectivity index (χ3v) is 2.90. The first-order chi connectivity index (χ1) is 8.38. The minimum absolute atomic E-state index is 0.626. The third-order valence-electron chi connectivity index (χ3n) is 2.90. The maximum Gasteiger partial charge on any atom is 0.141 e. The Morgan fingerprint density at radius 3 is 2.65 bits per heavy atom. The normalized spacial score (nSPS) is 10.5. The van der Waals surface area contributed by atoms with E-state index in [-0.39, 0.29) is 0 Å². The van der Waals surface area contributed by atoms with E-state index in [2.05, 4.69) is 23.3 Å². The maximum absolute atomic E-state index is 9.04. The highest BCUT2D eigenvalue weighted by Crippen LogP contribution is 2.26. The van der Waals surface area contributed by atoms with E-state index < -0.39 is 0 Å². The summed E-state index contributed by atoms with van der Waals surface area (Å²) in [7, 11) is 0.